The number of aliphatic carboxylic acids is 1. The Morgan fingerprint density at radius 1 is 1.45 bits per heavy atom. The Labute approximate surface area is 116 Å². The average Bonchev–Trinajstić information content (AvgIpc) is 2.93. The van der Waals surface area contributed by atoms with Gasteiger partial charge in [0.25, 0.3) is 0 Å². The monoisotopic (exact) mass is 275 g/mol. The molecule has 1 unspecified atom stereocenters. The molecule has 106 valence electrons. The molecule has 7 nitrogen and oxygen atoms in total. The van der Waals surface area contributed by atoms with Crippen molar-refractivity contribution < 1.29 is 9.90 Å². The van der Waals surface area contributed by atoms with Gasteiger partial charge in [-0.25, -0.2) is 4.98 Å². The maximum atomic E-state index is 10.8. The Hall–Kier alpha value is -2.18. The van der Waals surface area contributed by atoms with E-state index >= 15 is 0 Å². The Morgan fingerprint density at radius 3 is 3.20 bits per heavy atom. The van der Waals surface area contributed by atoms with Gasteiger partial charge in [-0.3, -0.25) is 9.20 Å². The largest absolute Gasteiger partial charge is 0.481 e. The molecular formula is C13H17N5O2. The maximum absolute atomic E-state index is 10.8. The summed E-state index contributed by atoms with van der Waals surface area (Å²) in [6, 6.07) is 0.218. The van der Waals surface area contributed by atoms with Gasteiger partial charge < -0.3 is 10.0 Å². The summed E-state index contributed by atoms with van der Waals surface area (Å²) in [6.45, 7) is 0.893. The van der Waals surface area contributed by atoms with Crippen LogP contribution in [0.3, 0.4) is 0 Å². The first-order valence-electron chi connectivity index (χ1n) is 6.88. The predicted molar refractivity (Wildman–Crippen MR) is 72.6 cm³/mol. The van der Waals surface area contributed by atoms with Crippen molar-refractivity contribution in [2.24, 2.45) is 0 Å². The van der Waals surface area contributed by atoms with Crippen LogP contribution >= 0.6 is 0 Å². The molecule has 20 heavy (non-hydrogen) atoms. The molecule has 2 aromatic rings. The first-order valence-corrected chi connectivity index (χ1v) is 6.88. The van der Waals surface area contributed by atoms with Crippen molar-refractivity contribution in [2.75, 3.05) is 11.4 Å². The SMILES string of the molecule is O=C(O)CCC1CCCCN1c1nccn2cnnc12. The molecule has 0 aliphatic carbocycles. The molecule has 1 atom stereocenters. The summed E-state index contributed by atoms with van der Waals surface area (Å²) in [5.41, 5.74) is 0.731. The van der Waals surface area contributed by atoms with Crippen LogP contribution in [0.1, 0.15) is 32.1 Å². The highest BCUT2D eigenvalue weighted by Gasteiger charge is 2.26. The van der Waals surface area contributed by atoms with Gasteiger partial charge in [-0.05, 0) is 25.7 Å². The van der Waals surface area contributed by atoms with Gasteiger partial charge in [-0.15, -0.1) is 10.2 Å². The van der Waals surface area contributed by atoms with E-state index in [9.17, 15) is 4.79 Å². The summed E-state index contributed by atoms with van der Waals surface area (Å²) >= 11 is 0. The number of hydrogen-bond acceptors (Lipinski definition) is 5. The molecule has 0 spiro atoms. The minimum Gasteiger partial charge on any atom is -0.481 e. The van der Waals surface area contributed by atoms with Crippen LogP contribution in [0.4, 0.5) is 5.82 Å². The molecule has 3 rings (SSSR count). The number of hydrogen-bond donors (Lipinski definition) is 1. The summed E-state index contributed by atoms with van der Waals surface area (Å²) in [6.07, 6.45) is 9.27. The number of carboxylic acid groups (broad SMARTS) is 1. The molecule has 7 heteroatoms. The van der Waals surface area contributed by atoms with Crippen LogP contribution in [0.2, 0.25) is 0 Å². The van der Waals surface area contributed by atoms with E-state index in [1.54, 1.807) is 12.5 Å². The van der Waals surface area contributed by atoms with Gasteiger partial charge in [-0.2, -0.15) is 0 Å². The Morgan fingerprint density at radius 2 is 2.35 bits per heavy atom. The third-order valence-corrected chi connectivity index (χ3v) is 3.79. The van der Waals surface area contributed by atoms with Crippen molar-refractivity contribution in [3.8, 4) is 0 Å². The fraction of sp³-hybridized carbons (Fsp3) is 0.538. The minimum absolute atomic E-state index is 0.191. The van der Waals surface area contributed by atoms with Gasteiger partial charge >= 0.3 is 5.97 Å². The van der Waals surface area contributed by atoms with Crippen molar-refractivity contribution in [1.82, 2.24) is 19.6 Å². The Balaban J connectivity index is 1.89. The van der Waals surface area contributed by atoms with Gasteiger partial charge in [0.15, 0.2) is 5.82 Å². The molecular weight excluding hydrogens is 258 g/mol. The van der Waals surface area contributed by atoms with Crippen LogP contribution < -0.4 is 4.90 Å². The second kappa shape index (κ2) is 5.44. The molecule has 0 radical (unpaired) electrons. The van der Waals surface area contributed by atoms with Gasteiger partial charge in [0.05, 0.1) is 0 Å². The summed E-state index contributed by atoms with van der Waals surface area (Å²) in [5, 5.41) is 16.9. The zero-order chi connectivity index (χ0) is 13.9. The third kappa shape index (κ3) is 2.43. The quantitative estimate of drug-likeness (QED) is 0.906. The highest BCUT2D eigenvalue weighted by atomic mass is 16.4. The lowest BCUT2D eigenvalue weighted by molar-refractivity contribution is -0.137. The van der Waals surface area contributed by atoms with E-state index in [0.29, 0.717) is 6.42 Å². The van der Waals surface area contributed by atoms with Crippen molar-refractivity contribution in [3.63, 3.8) is 0 Å². The maximum Gasteiger partial charge on any atom is 0.303 e. The van der Waals surface area contributed by atoms with Crippen molar-refractivity contribution in [2.45, 2.75) is 38.1 Å². The fourth-order valence-electron chi connectivity index (χ4n) is 2.82. The van der Waals surface area contributed by atoms with Crippen molar-refractivity contribution in [3.05, 3.63) is 18.7 Å². The van der Waals surface area contributed by atoms with Gasteiger partial charge in [0, 0.05) is 31.4 Å². The smallest absolute Gasteiger partial charge is 0.303 e. The number of piperidine rings is 1. The molecule has 3 heterocycles. The lowest BCUT2D eigenvalue weighted by Gasteiger charge is -2.36. The number of carboxylic acids is 1. The summed E-state index contributed by atoms with van der Waals surface area (Å²) in [4.78, 5) is 17.4. The molecule has 2 aromatic heterocycles. The average molecular weight is 275 g/mol. The fourth-order valence-corrected chi connectivity index (χ4v) is 2.82. The lowest BCUT2D eigenvalue weighted by Crippen LogP contribution is -2.40. The molecule has 0 bridgehead atoms. The predicted octanol–water partition coefficient (Wildman–Crippen LogP) is 1.35. The molecule has 0 aromatic carbocycles. The molecule has 1 aliphatic heterocycles. The summed E-state index contributed by atoms with van der Waals surface area (Å²) in [7, 11) is 0. The first-order chi connectivity index (χ1) is 9.75. The van der Waals surface area contributed by atoms with E-state index in [1.807, 2.05) is 10.6 Å². The number of carbonyl (C=O) groups is 1. The molecule has 1 N–H and O–H groups in total. The van der Waals surface area contributed by atoms with Crippen LogP contribution in [0, 0.1) is 0 Å². The second-order valence-electron chi connectivity index (χ2n) is 5.09. The molecule has 0 saturated carbocycles. The number of nitrogens with zero attached hydrogens (tertiary/aromatic N) is 5. The van der Waals surface area contributed by atoms with Crippen LogP contribution in [0.15, 0.2) is 18.7 Å². The number of anilines is 1. The van der Waals surface area contributed by atoms with Gasteiger partial charge in [-0.1, -0.05) is 0 Å². The normalized spacial score (nSPS) is 19.4. The van der Waals surface area contributed by atoms with Crippen LogP contribution in [-0.2, 0) is 4.79 Å². The van der Waals surface area contributed by atoms with E-state index in [-0.39, 0.29) is 12.5 Å². The van der Waals surface area contributed by atoms with E-state index in [4.69, 9.17) is 5.11 Å². The lowest BCUT2D eigenvalue weighted by atomic mass is 9.98. The number of aromatic nitrogens is 4. The Kier molecular flexibility index (Phi) is 3.49. The van der Waals surface area contributed by atoms with Crippen LogP contribution in [-0.4, -0.2) is 43.2 Å². The van der Waals surface area contributed by atoms with E-state index in [2.05, 4.69) is 20.1 Å². The number of rotatable bonds is 4. The van der Waals surface area contributed by atoms with Crippen LogP contribution in [0.5, 0.6) is 0 Å². The van der Waals surface area contributed by atoms with Gasteiger partial charge in [0.2, 0.25) is 5.65 Å². The highest BCUT2D eigenvalue weighted by molar-refractivity contribution is 5.67. The zero-order valence-electron chi connectivity index (χ0n) is 11.1. The van der Waals surface area contributed by atoms with E-state index < -0.39 is 5.97 Å². The number of fused-ring (bicyclic) bond motifs is 1. The summed E-state index contributed by atoms with van der Waals surface area (Å²) < 4.78 is 1.84. The highest BCUT2D eigenvalue weighted by Crippen LogP contribution is 2.27. The second-order valence-corrected chi connectivity index (χ2v) is 5.09. The topological polar surface area (TPSA) is 83.6 Å². The van der Waals surface area contributed by atoms with Gasteiger partial charge in [0.1, 0.15) is 6.33 Å². The van der Waals surface area contributed by atoms with Crippen molar-refractivity contribution >= 4 is 17.4 Å². The molecule has 1 fully saturated rings. The third-order valence-electron chi connectivity index (χ3n) is 3.79. The van der Waals surface area contributed by atoms with Crippen LogP contribution in [0.25, 0.3) is 5.65 Å². The Bertz CT molecular complexity index is 612. The minimum atomic E-state index is -0.746. The molecule has 0 amide bonds. The summed E-state index contributed by atoms with van der Waals surface area (Å²) in [5.74, 6) is 0.0595. The van der Waals surface area contributed by atoms with E-state index in [0.717, 1.165) is 37.3 Å². The van der Waals surface area contributed by atoms with E-state index in [1.165, 1.54) is 0 Å². The molecule has 1 saturated heterocycles. The standard InChI is InChI=1S/C13H17N5O2/c19-11(20)5-4-10-3-1-2-7-18(10)12-13-16-15-9-17(13)8-6-14-12/h6,8-10H,1-5,7H2,(H,19,20). The van der Waals surface area contributed by atoms with Crippen molar-refractivity contribution in [1.29, 1.82) is 0 Å². The first kappa shape index (κ1) is 12.8. The molecule has 1 aliphatic rings. The zero-order valence-corrected chi connectivity index (χ0v) is 11.1.